The first-order valence-electron chi connectivity index (χ1n) is 11.6. The SMILES string of the molecule is CC(=O)OC1CC2C(OC(C)=O)C=C(CO)C(O)CC=C(C)C(=O)C(OC(C)=O)C(=C1C)C2(C)C. The third kappa shape index (κ3) is 6.46. The van der Waals surface area contributed by atoms with E-state index in [0.717, 1.165) is 0 Å². The number of Topliss-reactive ketones (excluding diaryl/α,β-unsaturated/α-hetero) is 1. The van der Waals surface area contributed by atoms with Crippen LogP contribution in [0.2, 0.25) is 0 Å². The number of carbonyl (C=O) groups excluding carboxylic acids is 4. The van der Waals surface area contributed by atoms with E-state index >= 15 is 0 Å². The molecule has 9 nitrogen and oxygen atoms in total. The smallest absolute Gasteiger partial charge is 0.303 e. The maximum absolute atomic E-state index is 13.6. The number of rotatable bonds is 4. The highest BCUT2D eigenvalue weighted by Gasteiger charge is 2.51. The summed E-state index contributed by atoms with van der Waals surface area (Å²) in [5.74, 6) is -2.81. The largest absolute Gasteiger partial charge is 0.458 e. The highest BCUT2D eigenvalue weighted by molar-refractivity contribution is 6.01. The standard InChI is InChI=1S/C26H36O9/c1-13-8-9-20(31)18(12-27)10-22(34-16(4)29)19-11-21(33-15(3)28)14(2)23(26(19,6)7)25(24(13)32)35-17(5)30/h8,10,19-22,25,27,31H,9,11-12H2,1-7H3. The minimum Gasteiger partial charge on any atom is -0.458 e. The topological polar surface area (TPSA) is 136 Å². The van der Waals surface area contributed by atoms with Gasteiger partial charge in [0.05, 0.1) is 12.7 Å². The van der Waals surface area contributed by atoms with Gasteiger partial charge in [0.15, 0.2) is 6.10 Å². The van der Waals surface area contributed by atoms with E-state index in [1.165, 1.54) is 32.9 Å². The van der Waals surface area contributed by atoms with Crippen molar-refractivity contribution in [2.24, 2.45) is 11.3 Å². The van der Waals surface area contributed by atoms with Crippen LogP contribution in [0.1, 0.15) is 61.3 Å². The van der Waals surface area contributed by atoms with E-state index in [9.17, 15) is 29.4 Å². The molecule has 2 N–H and O–H groups in total. The Balaban J connectivity index is 2.90. The second kappa shape index (κ2) is 11.3. The van der Waals surface area contributed by atoms with Gasteiger partial charge >= 0.3 is 17.9 Å². The number of ether oxygens (including phenoxy) is 3. The first-order valence-corrected chi connectivity index (χ1v) is 11.6. The fraction of sp³-hybridized carbons (Fsp3) is 0.615. The Kier molecular flexibility index (Phi) is 9.19. The molecule has 5 atom stereocenters. The number of carbonyl (C=O) groups is 4. The van der Waals surface area contributed by atoms with E-state index in [0.29, 0.717) is 11.1 Å². The normalized spacial score (nSPS) is 29.2. The van der Waals surface area contributed by atoms with Crippen molar-refractivity contribution in [2.45, 2.75) is 85.7 Å². The van der Waals surface area contributed by atoms with E-state index in [4.69, 9.17) is 14.2 Å². The number of esters is 3. The van der Waals surface area contributed by atoms with Crippen molar-refractivity contribution < 1.29 is 43.6 Å². The van der Waals surface area contributed by atoms with Crippen LogP contribution in [0.25, 0.3) is 0 Å². The van der Waals surface area contributed by atoms with Crippen LogP contribution in [0.15, 0.2) is 34.4 Å². The van der Waals surface area contributed by atoms with E-state index in [-0.39, 0.29) is 24.0 Å². The molecule has 9 heteroatoms. The molecule has 0 radical (unpaired) electrons. The van der Waals surface area contributed by atoms with E-state index < -0.39 is 66.0 Å². The summed E-state index contributed by atoms with van der Waals surface area (Å²) < 4.78 is 16.8. The van der Waals surface area contributed by atoms with Gasteiger partial charge in [-0.05, 0) is 60.5 Å². The first-order chi connectivity index (χ1) is 16.2. The average molecular weight is 493 g/mol. The molecule has 0 spiro atoms. The van der Waals surface area contributed by atoms with Gasteiger partial charge in [-0.25, -0.2) is 0 Å². The van der Waals surface area contributed by atoms with Crippen molar-refractivity contribution in [3.8, 4) is 0 Å². The zero-order chi connectivity index (χ0) is 26.7. The van der Waals surface area contributed by atoms with Crippen LogP contribution in [0.5, 0.6) is 0 Å². The molecular formula is C26H36O9. The number of fused-ring (bicyclic) bond motifs is 2. The number of aliphatic hydroxyl groups is 2. The van der Waals surface area contributed by atoms with Crippen molar-refractivity contribution in [3.63, 3.8) is 0 Å². The molecule has 0 aromatic carbocycles. The lowest BCUT2D eigenvalue weighted by Crippen LogP contribution is -2.49. The molecule has 2 aliphatic rings. The minimum atomic E-state index is -1.30. The Hall–Kier alpha value is -2.78. The molecule has 5 unspecified atom stereocenters. The Labute approximate surface area is 205 Å². The number of aliphatic hydroxyl groups excluding tert-OH is 2. The Morgan fingerprint density at radius 2 is 1.60 bits per heavy atom. The first kappa shape index (κ1) is 28.5. The summed E-state index contributed by atoms with van der Waals surface area (Å²) in [4.78, 5) is 49.6. The molecule has 0 aromatic rings. The summed E-state index contributed by atoms with van der Waals surface area (Å²) in [6.45, 7) is 10.2. The molecule has 35 heavy (non-hydrogen) atoms. The molecule has 0 saturated heterocycles. The third-order valence-corrected chi connectivity index (χ3v) is 6.81. The second-order valence-corrected chi connectivity index (χ2v) is 9.72. The van der Waals surface area contributed by atoms with Gasteiger partial charge in [0.2, 0.25) is 5.78 Å². The van der Waals surface area contributed by atoms with Gasteiger partial charge in [0.1, 0.15) is 12.2 Å². The number of hydrogen-bond donors (Lipinski definition) is 2. The summed E-state index contributed by atoms with van der Waals surface area (Å²) in [6.07, 6.45) is -0.842. The molecule has 2 rings (SSSR count). The highest BCUT2D eigenvalue weighted by Crippen LogP contribution is 2.50. The Bertz CT molecular complexity index is 969. The van der Waals surface area contributed by atoms with Gasteiger partial charge in [-0.3, -0.25) is 19.2 Å². The predicted molar refractivity (Wildman–Crippen MR) is 126 cm³/mol. The monoisotopic (exact) mass is 492 g/mol. The molecule has 2 aliphatic carbocycles. The van der Waals surface area contributed by atoms with Crippen LogP contribution < -0.4 is 0 Å². The van der Waals surface area contributed by atoms with Gasteiger partial charge in [0, 0.05) is 26.7 Å². The molecule has 0 heterocycles. The van der Waals surface area contributed by atoms with Crippen LogP contribution in [0, 0.1) is 11.3 Å². The molecule has 0 saturated carbocycles. The number of hydrogen-bond acceptors (Lipinski definition) is 9. The van der Waals surface area contributed by atoms with Crippen molar-refractivity contribution >= 4 is 23.7 Å². The Morgan fingerprint density at radius 3 is 2.11 bits per heavy atom. The summed E-state index contributed by atoms with van der Waals surface area (Å²) >= 11 is 0. The summed E-state index contributed by atoms with van der Waals surface area (Å²) in [5.41, 5.74) is 0.659. The molecular weight excluding hydrogens is 456 g/mol. The summed E-state index contributed by atoms with van der Waals surface area (Å²) in [5, 5.41) is 20.7. The lowest BCUT2D eigenvalue weighted by Gasteiger charge is -2.48. The second-order valence-electron chi connectivity index (χ2n) is 9.72. The molecule has 0 amide bonds. The van der Waals surface area contributed by atoms with Crippen molar-refractivity contribution in [2.75, 3.05) is 6.61 Å². The van der Waals surface area contributed by atoms with Gasteiger partial charge in [0.25, 0.3) is 0 Å². The molecule has 0 aliphatic heterocycles. The quantitative estimate of drug-likeness (QED) is 0.344. The van der Waals surface area contributed by atoms with Gasteiger partial charge < -0.3 is 24.4 Å². The van der Waals surface area contributed by atoms with Gasteiger partial charge in [-0.15, -0.1) is 0 Å². The third-order valence-electron chi connectivity index (χ3n) is 6.81. The highest BCUT2D eigenvalue weighted by atomic mass is 16.6. The molecule has 194 valence electrons. The molecule has 0 aromatic heterocycles. The van der Waals surface area contributed by atoms with Crippen molar-refractivity contribution in [1.82, 2.24) is 0 Å². The van der Waals surface area contributed by atoms with Crippen LogP contribution >= 0.6 is 0 Å². The van der Waals surface area contributed by atoms with Crippen LogP contribution in [0.4, 0.5) is 0 Å². The lowest BCUT2D eigenvalue weighted by molar-refractivity contribution is -0.156. The Morgan fingerprint density at radius 1 is 1.03 bits per heavy atom. The fourth-order valence-electron chi connectivity index (χ4n) is 5.07. The summed E-state index contributed by atoms with van der Waals surface area (Å²) in [6, 6.07) is 0. The zero-order valence-electron chi connectivity index (χ0n) is 21.4. The summed E-state index contributed by atoms with van der Waals surface area (Å²) in [7, 11) is 0. The number of ketones is 1. The van der Waals surface area contributed by atoms with Crippen LogP contribution in [-0.4, -0.2) is 64.9 Å². The maximum atomic E-state index is 13.6. The minimum absolute atomic E-state index is 0.0196. The van der Waals surface area contributed by atoms with Crippen molar-refractivity contribution in [3.05, 3.63) is 34.4 Å². The van der Waals surface area contributed by atoms with Gasteiger partial charge in [-0.2, -0.15) is 0 Å². The van der Waals surface area contributed by atoms with Crippen LogP contribution in [-0.2, 0) is 33.4 Å². The van der Waals surface area contributed by atoms with Crippen molar-refractivity contribution in [1.29, 1.82) is 0 Å². The fourth-order valence-corrected chi connectivity index (χ4v) is 5.07. The van der Waals surface area contributed by atoms with E-state index in [1.54, 1.807) is 13.8 Å². The predicted octanol–water partition coefficient (Wildman–Crippen LogP) is 2.34. The lowest BCUT2D eigenvalue weighted by atomic mass is 9.60. The van der Waals surface area contributed by atoms with Crippen LogP contribution in [0.3, 0.4) is 0 Å². The zero-order valence-corrected chi connectivity index (χ0v) is 21.4. The molecule has 2 bridgehead atoms. The van der Waals surface area contributed by atoms with E-state index in [2.05, 4.69) is 0 Å². The maximum Gasteiger partial charge on any atom is 0.303 e. The van der Waals surface area contributed by atoms with Gasteiger partial charge in [-0.1, -0.05) is 19.9 Å². The molecule has 0 fully saturated rings. The van der Waals surface area contributed by atoms with E-state index in [1.807, 2.05) is 13.8 Å². The average Bonchev–Trinajstić information content (AvgIpc) is 2.73.